The van der Waals surface area contributed by atoms with Gasteiger partial charge in [-0.25, -0.2) is 13.8 Å². The molecule has 0 radical (unpaired) electrons. The minimum Gasteiger partial charge on any atom is -0.371 e. The van der Waals surface area contributed by atoms with Gasteiger partial charge in [-0.1, -0.05) is 0 Å². The number of alkyl halides is 2. The van der Waals surface area contributed by atoms with E-state index in [2.05, 4.69) is 15.4 Å². The second-order valence-electron chi connectivity index (χ2n) is 7.43. The summed E-state index contributed by atoms with van der Waals surface area (Å²) in [7, 11) is 1.81. The summed E-state index contributed by atoms with van der Waals surface area (Å²) < 4.78 is 29.5. The van der Waals surface area contributed by atoms with Crippen LogP contribution in [-0.4, -0.2) is 45.9 Å². The summed E-state index contributed by atoms with van der Waals surface area (Å²) in [6.45, 7) is 0.679. The van der Waals surface area contributed by atoms with Crippen LogP contribution in [0.4, 0.5) is 20.2 Å². The van der Waals surface area contributed by atoms with Crippen LogP contribution in [0, 0.1) is 0 Å². The molecule has 3 heterocycles. The second-order valence-corrected chi connectivity index (χ2v) is 8.26. The summed E-state index contributed by atoms with van der Waals surface area (Å²) in [6, 6.07) is 7.19. The van der Waals surface area contributed by atoms with Gasteiger partial charge in [0.25, 0.3) is 5.91 Å². The van der Waals surface area contributed by atoms with E-state index in [4.69, 9.17) is 0 Å². The van der Waals surface area contributed by atoms with E-state index in [-0.39, 0.29) is 25.3 Å². The van der Waals surface area contributed by atoms with E-state index in [1.54, 1.807) is 35.3 Å². The van der Waals surface area contributed by atoms with Crippen LogP contribution < -0.4 is 10.2 Å². The van der Waals surface area contributed by atoms with Crippen LogP contribution in [0.25, 0.3) is 10.9 Å². The molecule has 1 aliphatic heterocycles. The fourth-order valence-electron chi connectivity index (χ4n) is 3.73. The predicted octanol–water partition coefficient (Wildman–Crippen LogP) is 4.57. The van der Waals surface area contributed by atoms with E-state index in [1.165, 1.54) is 11.8 Å². The van der Waals surface area contributed by atoms with Crippen molar-refractivity contribution in [2.24, 2.45) is 7.05 Å². The molecule has 0 saturated carbocycles. The molecule has 1 aliphatic rings. The highest BCUT2D eigenvalue weighted by Gasteiger charge is 2.32. The minimum atomic E-state index is -2.67. The molecule has 1 aromatic carbocycles. The van der Waals surface area contributed by atoms with Gasteiger partial charge in [0.2, 0.25) is 5.92 Å². The molecule has 9 heteroatoms. The Labute approximate surface area is 177 Å². The summed E-state index contributed by atoms with van der Waals surface area (Å²) in [6.07, 6.45) is 5.30. The maximum atomic E-state index is 13.9. The van der Waals surface area contributed by atoms with E-state index in [9.17, 15) is 13.6 Å². The number of fused-ring (bicyclic) bond motifs is 1. The van der Waals surface area contributed by atoms with Crippen LogP contribution in [0.15, 0.2) is 41.7 Å². The van der Waals surface area contributed by atoms with Gasteiger partial charge in [-0.05, 0) is 36.9 Å². The molecule has 0 spiro atoms. The third kappa shape index (κ3) is 4.26. The molecule has 1 fully saturated rings. The summed E-state index contributed by atoms with van der Waals surface area (Å²) in [5.74, 6) is -2.96. The number of hydrogen-bond acceptors (Lipinski definition) is 5. The molecule has 1 saturated heterocycles. The number of aromatic nitrogens is 3. The average Bonchev–Trinajstić information content (AvgIpc) is 2.98. The van der Waals surface area contributed by atoms with Crippen LogP contribution >= 0.6 is 11.8 Å². The Morgan fingerprint density at radius 2 is 2.07 bits per heavy atom. The molecule has 1 N–H and O–H groups in total. The number of anilines is 2. The molecule has 2 aromatic heterocycles. The molecule has 0 atom stereocenters. The van der Waals surface area contributed by atoms with Crippen LogP contribution in [0.2, 0.25) is 0 Å². The number of carbonyl (C=O) groups excluding carboxylic acids is 1. The summed E-state index contributed by atoms with van der Waals surface area (Å²) in [5.41, 5.74) is 2.55. The molecule has 0 bridgehead atoms. The normalized spacial score (nSPS) is 16.5. The van der Waals surface area contributed by atoms with Crippen LogP contribution in [0.3, 0.4) is 0 Å². The van der Waals surface area contributed by atoms with Crippen molar-refractivity contribution >= 4 is 39.9 Å². The van der Waals surface area contributed by atoms with Gasteiger partial charge < -0.3 is 10.2 Å². The van der Waals surface area contributed by atoms with Gasteiger partial charge in [-0.2, -0.15) is 5.10 Å². The lowest BCUT2D eigenvalue weighted by Gasteiger charge is -2.25. The van der Waals surface area contributed by atoms with Crippen molar-refractivity contribution in [3.8, 4) is 0 Å². The average molecular weight is 432 g/mol. The van der Waals surface area contributed by atoms with Crippen molar-refractivity contribution in [2.75, 3.05) is 29.6 Å². The second kappa shape index (κ2) is 8.22. The van der Waals surface area contributed by atoms with Gasteiger partial charge in [0.15, 0.2) is 0 Å². The molecule has 1 amide bonds. The predicted molar refractivity (Wildman–Crippen MR) is 116 cm³/mol. The number of benzene rings is 1. The lowest BCUT2D eigenvalue weighted by atomic mass is 10.1. The van der Waals surface area contributed by atoms with Crippen molar-refractivity contribution in [3.05, 3.63) is 42.2 Å². The van der Waals surface area contributed by atoms with Crippen molar-refractivity contribution in [1.29, 1.82) is 0 Å². The fourth-order valence-corrected chi connectivity index (χ4v) is 4.14. The highest BCUT2D eigenvalue weighted by molar-refractivity contribution is 7.98. The summed E-state index contributed by atoms with van der Waals surface area (Å²) >= 11 is 1.49. The first kappa shape index (κ1) is 20.6. The number of carbonyl (C=O) groups is 1. The first-order valence-electron chi connectivity index (χ1n) is 9.76. The number of hydrogen-bond donors (Lipinski definition) is 1. The van der Waals surface area contributed by atoms with E-state index in [1.807, 2.05) is 24.3 Å². The van der Waals surface area contributed by atoms with Gasteiger partial charge in [-0.3, -0.25) is 9.48 Å². The highest BCUT2D eigenvalue weighted by Crippen LogP contribution is 2.33. The largest absolute Gasteiger partial charge is 0.371 e. The monoisotopic (exact) mass is 431 g/mol. The fraction of sp³-hybridized carbons (Fsp3) is 0.381. The SMILES string of the molecule is CSc1cc(NC(=O)c2cc3c(cnn3C)cc2N2CCCC(F)(F)CC2)ccn1. The standard InChI is InChI=1S/C21H23F2N5OS/c1-27-17-12-16(20(29)26-15-4-7-24-19(11-15)30-2)18(10-14(17)13-25-27)28-8-3-5-21(22,23)6-9-28/h4,7,10-13H,3,5-6,8-9H2,1-2H3,(H,24,26,29). The van der Waals surface area contributed by atoms with Gasteiger partial charge >= 0.3 is 0 Å². The number of amides is 1. The number of rotatable bonds is 4. The van der Waals surface area contributed by atoms with Crippen LogP contribution in [0.1, 0.15) is 29.6 Å². The molecule has 158 valence electrons. The smallest absolute Gasteiger partial charge is 0.257 e. The van der Waals surface area contributed by atoms with Crippen LogP contribution in [0.5, 0.6) is 0 Å². The maximum absolute atomic E-state index is 13.9. The number of nitrogens with one attached hydrogen (secondary N) is 1. The van der Waals surface area contributed by atoms with Crippen LogP contribution in [-0.2, 0) is 7.05 Å². The molecular weight excluding hydrogens is 408 g/mol. The number of thioether (sulfide) groups is 1. The lowest BCUT2D eigenvalue weighted by Crippen LogP contribution is -2.28. The first-order valence-corrected chi connectivity index (χ1v) is 11.0. The van der Waals surface area contributed by atoms with Crippen molar-refractivity contribution in [1.82, 2.24) is 14.8 Å². The summed E-state index contributed by atoms with van der Waals surface area (Å²) in [4.78, 5) is 19.3. The Morgan fingerprint density at radius 1 is 1.23 bits per heavy atom. The van der Waals surface area contributed by atoms with E-state index < -0.39 is 5.92 Å². The minimum absolute atomic E-state index is 0.130. The Morgan fingerprint density at radius 3 is 2.87 bits per heavy atom. The van der Waals surface area contributed by atoms with Crippen molar-refractivity contribution in [2.45, 2.75) is 30.2 Å². The molecule has 4 rings (SSSR count). The topological polar surface area (TPSA) is 63.1 Å². The van der Waals surface area contributed by atoms with Gasteiger partial charge in [0.05, 0.1) is 28.0 Å². The first-order chi connectivity index (χ1) is 14.4. The molecule has 0 aliphatic carbocycles. The highest BCUT2D eigenvalue weighted by atomic mass is 32.2. The molecular formula is C21H23F2N5OS. The van der Waals surface area contributed by atoms with E-state index in [0.717, 1.165) is 15.9 Å². The zero-order valence-electron chi connectivity index (χ0n) is 16.9. The molecule has 0 unspecified atom stereocenters. The van der Waals surface area contributed by atoms with E-state index in [0.29, 0.717) is 29.9 Å². The van der Waals surface area contributed by atoms with Gasteiger partial charge in [0.1, 0.15) is 0 Å². The number of halogens is 2. The number of nitrogens with zero attached hydrogens (tertiary/aromatic N) is 4. The van der Waals surface area contributed by atoms with Crippen molar-refractivity contribution in [3.63, 3.8) is 0 Å². The summed E-state index contributed by atoms with van der Waals surface area (Å²) in [5, 5.41) is 8.86. The zero-order chi connectivity index (χ0) is 21.3. The third-order valence-electron chi connectivity index (χ3n) is 5.37. The molecule has 6 nitrogen and oxygen atoms in total. The number of aryl methyl sites for hydroxylation is 1. The zero-order valence-corrected chi connectivity index (χ0v) is 17.7. The van der Waals surface area contributed by atoms with E-state index >= 15 is 0 Å². The maximum Gasteiger partial charge on any atom is 0.257 e. The quantitative estimate of drug-likeness (QED) is 0.613. The number of pyridine rings is 1. The van der Waals surface area contributed by atoms with Gasteiger partial charge in [0, 0.05) is 50.2 Å². The lowest BCUT2D eigenvalue weighted by molar-refractivity contribution is -0.0102. The molecule has 3 aromatic rings. The third-order valence-corrected chi connectivity index (χ3v) is 6.01. The molecule has 30 heavy (non-hydrogen) atoms. The van der Waals surface area contributed by atoms with Crippen molar-refractivity contribution < 1.29 is 13.6 Å². The Kier molecular flexibility index (Phi) is 5.64. The Hall–Kier alpha value is -2.68. The Balaban J connectivity index is 1.72. The Bertz CT molecular complexity index is 1080. The van der Waals surface area contributed by atoms with Gasteiger partial charge in [-0.15, -0.1) is 11.8 Å².